The molecule has 2 N–H and O–H groups in total. The van der Waals surface area contributed by atoms with E-state index in [0.29, 0.717) is 5.84 Å². The fourth-order valence-electron chi connectivity index (χ4n) is 6.33. The first-order valence-electron chi connectivity index (χ1n) is 16.2. The Balaban J connectivity index is 1.17. The Morgan fingerprint density at radius 3 is 2.54 bits per heavy atom. The van der Waals surface area contributed by atoms with Crippen molar-refractivity contribution in [1.29, 1.82) is 5.41 Å². The molecule has 0 bridgehead atoms. The second-order valence-corrected chi connectivity index (χ2v) is 11.9. The van der Waals surface area contributed by atoms with E-state index in [0.717, 1.165) is 74.6 Å². The summed E-state index contributed by atoms with van der Waals surface area (Å²) >= 11 is 0. The van der Waals surface area contributed by atoms with Gasteiger partial charge in [0.15, 0.2) is 17.3 Å². The number of dihydropyridines is 1. The summed E-state index contributed by atoms with van der Waals surface area (Å²) in [5.74, 6) is 2.34. The van der Waals surface area contributed by atoms with Crippen LogP contribution >= 0.6 is 0 Å². The second kappa shape index (κ2) is 12.9. The summed E-state index contributed by atoms with van der Waals surface area (Å²) in [6.45, 7) is 0.826. The number of para-hydroxylation sites is 2. The Hall–Kier alpha value is -6.27. The summed E-state index contributed by atoms with van der Waals surface area (Å²) in [5, 5.41) is 14.3. The number of aliphatic imine (C=N–C) groups is 2. The molecule has 48 heavy (non-hydrogen) atoms. The first-order valence-corrected chi connectivity index (χ1v) is 16.2. The number of hydrogen-bond acceptors (Lipinski definition) is 4. The summed E-state index contributed by atoms with van der Waals surface area (Å²) in [5.41, 5.74) is 6.86. The molecular weight excluding hydrogens is 590 g/mol. The molecule has 0 amide bonds. The van der Waals surface area contributed by atoms with Gasteiger partial charge in [0.1, 0.15) is 5.84 Å². The van der Waals surface area contributed by atoms with Gasteiger partial charge in [-0.2, -0.15) is 0 Å². The number of fused-ring (bicyclic) bond motifs is 4. The van der Waals surface area contributed by atoms with E-state index in [2.05, 4.69) is 89.1 Å². The van der Waals surface area contributed by atoms with Gasteiger partial charge in [0.25, 0.3) is 0 Å². The zero-order valence-electron chi connectivity index (χ0n) is 26.3. The molecule has 6 heteroatoms. The standard InChI is InChI=1S/C42H33N5O/c43-41(31-13-2-1-3-14-31)46-42(33-16-9-15-32(26-33)34-17-10-24-44-28-34)45-27-29-11-8-18-35(25-29)47-37-20-6-7-21-39(37)48-40-36-19-5-4-12-30(36)22-23-38(40)47/h1-15,17-23,25-28,33,43-44H,16,24H2/b43-41?,45-27+,46-42-. The molecule has 8 rings (SSSR count). The summed E-state index contributed by atoms with van der Waals surface area (Å²) in [6.07, 6.45) is 15.4. The molecule has 3 aliphatic rings. The fourth-order valence-corrected chi connectivity index (χ4v) is 6.33. The highest BCUT2D eigenvalue weighted by atomic mass is 16.5. The van der Waals surface area contributed by atoms with Gasteiger partial charge in [-0.1, -0.05) is 115 Å². The normalized spacial score (nSPS) is 16.9. The highest BCUT2D eigenvalue weighted by Crippen LogP contribution is 2.52. The zero-order chi connectivity index (χ0) is 32.3. The highest BCUT2D eigenvalue weighted by Gasteiger charge is 2.27. The van der Waals surface area contributed by atoms with Crippen molar-refractivity contribution in [2.75, 3.05) is 11.4 Å². The van der Waals surface area contributed by atoms with Crippen LogP contribution in [0, 0.1) is 11.3 Å². The molecule has 5 aromatic carbocycles. The lowest BCUT2D eigenvalue weighted by atomic mass is 9.91. The maximum atomic E-state index is 8.82. The molecule has 0 saturated carbocycles. The van der Waals surface area contributed by atoms with Crippen molar-refractivity contribution in [3.05, 3.63) is 174 Å². The van der Waals surface area contributed by atoms with E-state index in [1.165, 1.54) is 0 Å². The molecule has 0 radical (unpaired) electrons. The van der Waals surface area contributed by atoms with Crippen LogP contribution in [0.15, 0.2) is 173 Å². The van der Waals surface area contributed by atoms with Crippen LogP contribution in [0.2, 0.25) is 0 Å². The van der Waals surface area contributed by atoms with Crippen LogP contribution in [0.5, 0.6) is 11.5 Å². The Kier molecular flexibility index (Phi) is 7.81. The lowest BCUT2D eigenvalue weighted by molar-refractivity contribution is 0.482. The van der Waals surface area contributed by atoms with E-state index in [1.807, 2.05) is 79.1 Å². The van der Waals surface area contributed by atoms with Crippen LogP contribution < -0.4 is 15.0 Å². The second-order valence-electron chi connectivity index (χ2n) is 11.9. The minimum Gasteiger partial charge on any atom is -0.452 e. The summed E-state index contributed by atoms with van der Waals surface area (Å²) in [7, 11) is 0. The van der Waals surface area contributed by atoms with Crippen molar-refractivity contribution in [1.82, 2.24) is 5.32 Å². The van der Waals surface area contributed by atoms with Crippen LogP contribution in [0.3, 0.4) is 0 Å². The third-order valence-electron chi connectivity index (χ3n) is 8.69. The molecule has 0 spiro atoms. The number of amidine groups is 2. The molecule has 0 aromatic heterocycles. The van der Waals surface area contributed by atoms with Crippen LogP contribution in [-0.4, -0.2) is 24.4 Å². The zero-order valence-corrected chi connectivity index (χ0v) is 26.3. The molecule has 2 aliphatic heterocycles. The summed E-state index contributed by atoms with van der Waals surface area (Å²) in [6, 6.07) is 38.7. The number of allylic oxidation sites excluding steroid dienone is 5. The van der Waals surface area contributed by atoms with Gasteiger partial charge in [0, 0.05) is 41.5 Å². The van der Waals surface area contributed by atoms with E-state index in [9.17, 15) is 0 Å². The van der Waals surface area contributed by atoms with E-state index in [1.54, 1.807) is 0 Å². The number of nitrogens with zero attached hydrogens (tertiary/aromatic N) is 3. The number of ether oxygens (including phenoxy) is 1. The van der Waals surface area contributed by atoms with E-state index < -0.39 is 0 Å². The number of hydrogen-bond donors (Lipinski definition) is 2. The van der Waals surface area contributed by atoms with E-state index >= 15 is 0 Å². The Labute approximate surface area is 280 Å². The SMILES string of the molecule is N=C(/N=C(\N=C\c1cccc(N2c3ccccc3Oc3c2ccc2ccccc32)c1)C1C=C(C2=CNCC=C2)C=CC1)c1ccccc1. The Morgan fingerprint density at radius 1 is 0.812 bits per heavy atom. The Bertz CT molecular complexity index is 2220. The van der Waals surface area contributed by atoms with E-state index in [-0.39, 0.29) is 11.8 Å². The molecule has 1 unspecified atom stereocenters. The van der Waals surface area contributed by atoms with Crippen LogP contribution in [0.1, 0.15) is 17.5 Å². The lowest BCUT2D eigenvalue weighted by Crippen LogP contribution is -2.17. The lowest BCUT2D eigenvalue weighted by Gasteiger charge is -2.33. The highest BCUT2D eigenvalue weighted by molar-refractivity contribution is 6.08. The van der Waals surface area contributed by atoms with Crippen molar-refractivity contribution < 1.29 is 4.74 Å². The number of anilines is 3. The first-order chi connectivity index (χ1) is 23.7. The van der Waals surface area contributed by atoms with Gasteiger partial charge in [0.05, 0.1) is 11.4 Å². The van der Waals surface area contributed by atoms with Crippen LogP contribution in [-0.2, 0) is 0 Å². The molecular formula is C42H33N5O. The van der Waals surface area contributed by atoms with Crippen LogP contribution in [0.25, 0.3) is 10.8 Å². The van der Waals surface area contributed by atoms with Gasteiger partial charge in [-0.15, -0.1) is 0 Å². The molecule has 0 fully saturated rings. The summed E-state index contributed by atoms with van der Waals surface area (Å²) < 4.78 is 6.52. The molecule has 232 valence electrons. The molecule has 2 heterocycles. The Morgan fingerprint density at radius 2 is 1.65 bits per heavy atom. The van der Waals surface area contributed by atoms with Crippen molar-refractivity contribution in [3.63, 3.8) is 0 Å². The monoisotopic (exact) mass is 623 g/mol. The number of rotatable bonds is 5. The summed E-state index contributed by atoms with van der Waals surface area (Å²) in [4.78, 5) is 12.0. The van der Waals surface area contributed by atoms with Gasteiger partial charge >= 0.3 is 0 Å². The van der Waals surface area contributed by atoms with E-state index in [4.69, 9.17) is 20.1 Å². The minimum absolute atomic E-state index is 0.0870. The van der Waals surface area contributed by atoms with Gasteiger partial charge in [0.2, 0.25) is 0 Å². The predicted molar refractivity (Wildman–Crippen MR) is 198 cm³/mol. The van der Waals surface area contributed by atoms with Crippen LogP contribution in [0.4, 0.5) is 17.1 Å². The smallest absolute Gasteiger partial charge is 0.159 e. The number of nitrogens with one attached hydrogen (secondary N) is 2. The molecule has 1 aliphatic carbocycles. The molecule has 1 atom stereocenters. The largest absolute Gasteiger partial charge is 0.452 e. The third kappa shape index (κ3) is 5.76. The minimum atomic E-state index is -0.0870. The van der Waals surface area contributed by atoms with Gasteiger partial charge < -0.3 is 15.0 Å². The van der Waals surface area contributed by atoms with Crippen molar-refractivity contribution in [3.8, 4) is 11.5 Å². The van der Waals surface area contributed by atoms with Gasteiger partial charge in [-0.3, -0.25) is 5.41 Å². The van der Waals surface area contributed by atoms with Gasteiger partial charge in [-0.25, -0.2) is 9.98 Å². The van der Waals surface area contributed by atoms with Gasteiger partial charge in [-0.05, 0) is 58.8 Å². The maximum Gasteiger partial charge on any atom is 0.159 e. The number of benzene rings is 5. The quantitative estimate of drug-likeness (QED) is 0.148. The molecule has 6 nitrogen and oxygen atoms in total. The first kappa shape index (κ1) is 29.2. The molecule has 0 saturated heterocycles. The fraction of sp³-hybridized carbons (Fsp3) is 0.0714. The molecule has 5 aromatic rings. The van der Waals surface area contributed by atoms with Crippen molar-refractivity contribution in [2.24, 2.45) is 15.9 Å². The van der Waals surface area contributed by atoms with Crippen molar-refractivity contribution in [2.45, 2.75) is 6.42 Å². The predicted octanol–water partition coefficient (Wildman–Crippen LogP) is 9.80. The maximum absolute atomic E-state index is 8.82. The third-order valence-corrected chi connectivity index (χ3v) is 8.69. The average molecular weight is 624 g/mol. The van der Waals surface area contributed by atoms with Crippen molar-refractivity contribution >= 4 is 45.7 Å². The average Bonchev–Trinajstić information content (AvgIpc) is 3.16. The topological polar surface area (TPSA) is 73.1 Å².